The van der Waals surface area contributed by atoms with Gasteiger partial charge in [0.05, 0.1) is 11.0 Å². The molecule has 9 aromatic rings. The van der Waals surface area contributed by atoms with E-state index in [4.69, 9.17) is 14.7 Å². The lowest BCUT2D eigenvalue weighted by atomic mass is 9.59. The molecule has 0 bridgehead atoms. The summed E-state index contributed by atoms with van der Waals surface area (Å²) in [4.78, 5) is 12.2. The molecular weight excluding hydrogens is 661 g/mol. The normalized spacial score (nSPS) is 12.3. The number of imidazole rings is 1. The number of aryl methyl sites for hydroxylation is 2. The summed E-state index contributed by atoms with van der Waals surface area (Å²) in [5.74, 6) is 3.29. The highest BCUT2D eigenvalue weighted by molar-refractivity contribution is 6.78. The molecule has 0 fully saturated rings. The van der Waals surface area contributed by atoms with Gasteiger partial charge in [-0.2, -0.15) is 0 Å². The molecule has 1 aliphatic rings. The van der Waals surface area contributed by atoms with Crippen molar-refractivity contribution in [3.63, 3.8) is 0 Å². The molecule has 6 aromatic carbocycles. The topological polar surface area (TPSA) is 48.1 Å². The smallest absolute Gasteiger partial charge is 0.417 e. The minimum Gasteiger partial charge on any atom is -0.457 e. The average Bonchev–Trinajstić information content (AvgIpc) is 3.83. The van der Waals surface area contributed by atoms with Gasteiger partial charge < -0.3 is 14.0 Å². The largest absolute Gasteiger partial charge is 0.457 e. The van der Waals surface area contributed by atoms with Crippen molar-refractivity contribution in [2.24, 2.45) is 0 Å². The zero-order valence-corrected chi connectivity index (χ0v) is 30.3. The predicted octanol–water partition coefficient (Wildman–Crippen LogP) is 10.5. The van der Waals surface area contributed by atoms with Crippen LogP contribution in [-0.2, 0) is 0 Å². The van der Waals surface area contributed by atoms with E-state index in [0.29, 0.717) is 0 Å². The van der Waals surface area contributed by atoms with Crippen molar-refractivity contribution in [2.75, 3.05) is 11.9 Å². The first kappa shape index (κ1) is 31.8. The third-order valence-corrected chi connectivity index (χ3v) is 10.9. The fourth-order valence-electron chi connectivity index (χ4n) is 8.15. The fraction of sp³-hybridized carbons (Fsp3) is 0.0638. The minimum absolute atomic E-state index is 0.142. The van der Waals surface area contributed by atoms with Crippen molar-refractivity contribution in [2.45, 2.75) is 13.8 Å². The van der Waals surface area contributed by atoms with E-state index in [1.807, 2.05) is 12.4 Å². The Morgan fingerprint density at radius 3 is 1.98 bits per heavy atom. The van der Waals surface area contributed by atoms with Gasteiger partial charge in [0.25, 0.3) is 0 Å². The van der Waals surface area contributed by atoms with Gasteiger partial charge in [0, 0.05) is 46.7 Å². The number of hydrogen-bond acceptors (Lipinski definition) is 4. The Kier molecular flexibility index (Phi) is 7.47. The Bertz CT molecular complexity index is 2800. The SMILES string of the molecule is Cc1cnc(-n2c3ccccc3c3ccc(Oc4ccc5c(c4)-c4nccn4B(c4c(-c6ccccc6)cccc4-c4ccccc4)N5C)cc32)cc1C. The number of aromatic nitrogens is 4. The van der Waals surface area contributed by atoms with Crippen LogP contribution in [0.3, 0.4) is 0 Å². The summed E-state index contributed by atoms with van der Waals surface area (Å²) in [5, 5.41) is 2.34. The maximum absolute atomic E-state index is 6.69. The number of rotatable bonds is 6. The van der Waals surface area contributed by atoms with Gasteiger partial charge in [0.1, 0.15) is 23.1 Å². The Morgan fingerprint density at radius 1 is 0.574 bits per heavy atom. The van der Waals surface area contributed by atoms with Crippen molar-refractivity contribution in [3.05, 3.63) is 175 Å². The second kappa shape index (κ2) is 12.7. The monoisotopic (exact) mass is 697 g/mol. The van der Waals surface area contributed by atoms with E-state index in [-0.39, 0.29) is 6.98 Å². The van der Waals surface area contributed by atoms with Gasteiger partial charge >= 0.3 is 6.98 Å². The number of anilines is 1. The third-order valence-electron chi connectivity index (χ3n) is 10.9. The average molecular weight is 698 g/mol. The third kappa shape index (κ3) is 5.12. The zero-order valence-electron chi connectivity index (χ0n) is 30.3. The molecule has 10 rings (SSSR count). The number of nitrogens with zero attached hydrogens (tertiary/aromatic N) is 5. The molecule has 0 aliphatic carbocycles. The van der Waals surface area contributed by atoms with Crippen molar-refractivity contribution < 1.29 is 4.74 Å². The van der Waals surface area contributed by atoms with Crippen LogP contribution in [0.25, 0.3) is 61.3 Å². The van der Waals surface area contributed by atoms with Crippen LogP contribution in [0.1, 0.15) is 11.1 Å². The Morgan fingerprint density at radius 2 is 1.24 bits per heavy atom. The number of hydrogen-bond donors (Lipinski definition) is 0. The van der Waals surface area contributed by atoms with Crippen LogP contribution in [0.5, 0.6) is 11.5 Å². The maximum atomic E-state index is 6.69. The van der Waals surface area contributed by atoms with Crippen LogP contribution in [0.4, 0.5) is 5.69 Å². The molecular formula is C47H36BN5O. The number of benzene rings is 6. The van der Waals surface area contributed by atoms with E-state index in [1.54, 1.807) is 0 Å². The number of ether oxygens (including phenoxy) is 1. The van der Waals surface area contributed by atoms with E-state index in [0.717, 1.165) is 50.8 Å². The van der Waals surface area contributed by atoms with Gasteiger partial charge in [-0.05, 0) is 102 Å². The molecule has 3 aromatic heterocycles. The molecule has 0 spiro atoms. The van der Waals surface area contributed by atoms with E-state index < -0.39 is 0 Å². The van der Waals surface area contributed by atoms with Crippen LogP contribution in [0.2, 0.25) is 0 Å². The van der Waals surface area contributed by atoms with Gasteiger partial charge in [0.2, 0.25) is 0 Å². The molecule has 0 saturated carbocycles. The maximum Gasteiger partial charge on any atom is 0.417 e. The summed E-state index contributed by atoms with van der Waals surface area (Å²) < 4.78 is 11.2. The first-order valence-electron chi connectivity index (χ1n) is 18.3. The summed E-state index contributed by atoms with van der Waals surface area (Å²) in [5.41, 5.74) is 12.6. The molecule has 0 N–H and O–H groups in total. The molecule has 6 nitrogen and oxygen atoms in total. The van der Waals surface area contributed by atoms with Gasteiger partial charge in [-0.15, -0.1) is 0 Å². The number of pyridine rings is 1. The quantitative estimate of drug-likeness (QED) is 0.162. The number of fused-ring (bicyclic) bond motifs is 6. The summed E-state index contributed by atoms with van der Waals surface area (Å²) in [6.07, 6.45) is 5.95. The Balaban J connectivity index is 1.07. The standard InChI is InChI=1S/C47H36BN5O/c1-31-27-45(50-30-32(31)2)53-43-20-11-10-17-39(43)40-23-21-36(29-44(40)53)54-35-22-24-42-41(28-35)47-49-25-26-52(47)48(51(42)3)46-37(33-13-6-4-7-14-33)18-12-19-38(46)34-15-8-5-9-16-34/h4-30H,1-3H3. The van der Waals surface area contributed by atoms with Crippen molar-refractivity contribution in [1.82, 2.24) is 19.0 Å². The molecule has 1 aliphatic heterocycles. The van der Waals surface area contributed by atoms with Crippen LogP contribution in [-0.4, -0.2) is 33.0 Å². The van der Waals surface area contributed by atoms with Crippen molar-refractivity contribution in [1.29, 1.82) is 0 Å². The van der Waals surface area contributed by atoms with Gasteiger partial charge in [-0.1, -0.05) is 97.1 Å². The van der Waals surface area contributed by atoms with Crippen LogP contribution in [0.15, 0.2) is 164 Å². The van der Waals surface area contributed by atoms with Crippen LogP contribution in [0, 0.1) is 13.8 Å². The van der Waals surface area contributed by atoms with Crippen molar-refractivity contribution in [3.8, 4) is 51.0 Å². The molecule has 7 heteroatoms. The molecule has 258 valence electrons. The van der Waals surface area contributed by atoms with Gasteiger partial charge in [0.15, 0.2) is 0 Å². The van der Waals surface area contributed by atoms with Gasteiger partial charge in [-0.25, -0.2) is 9.97 Å². The van der Waals surface area contributed by atoms with Crippen LogP contribution < -0.4 is 15.0 Å². The number of para-hydroxylation sites is 1. The van der Waals surface area contributed by atoms with Gasteiger partial charge in [-0.3, -0.25) is 4.57 Å². The molecule has 0 saturated heterocycles. The van der Waals surface area contributed by atoms with E-state index in [1.165, 1.54) is 44.2 Å². The Labute approximate surface area is 314 Å². The summed E-state index contributed by atoms with van der Waals surface area (Å²) in [6.45, 7) is 4.09. The highest BCUT2D eigenvalue weighted by Crippen LogP contribution is 2.41. The lowest BCUT2D eigenvalue weighted by Crippen LogP contribution is -2.55. The van der Waals surface area contributed by atoms with E-state index in [9.17, 15) is 0 Å². The Hall–Kier alpha value is -6.86. The summed E-state index contributed by atoms with van der Waals surface area (Å²) in [6, 6.07) is 51.3. The predicted molar refractivity (Wildman–Crippen MR) is 222 cm³/mol. The lowest BCUT2D eigenvalue weighted by Gasteiger charge is -2.37. The fourth-order valence-corrected chi connectivity index (χ4v) is 8.15. The second-order valence-electron chi connectivity index (χ2n) is 14.1. The van der Waals surface area contributed by atoms with E-state index in [2.05, 4.69) is 187 Å². The summed E-state index contributed by atoms with van der Waals surface area (Å²) in [7, 11) is 2.18. The van der Waals surface area contributed by atoms with Crippen molar-refractivity contribution >= 4 is 39.9 Å². The summed E-state index contributed by atoms with van der Waals surface area (Å²) >= 11 is 0. The first-order chi connectivity index (χ1) is 26.5. The second-order valence-corrected chi connectivity index (χ2v) is 14.1. The molecule has 4 heterocycles. The first-order valence-corrected chi connectivity index (χ1v) is 18.3. The minimum atomic E-state index is -0.142. The molecule has 0 amide bonds. The highest BCUT2D eigenvalue weighted by Gasteiger charge is 2.38. The van der Waals surface area contributed by atoms with Crippen LogP contribution >= 0.6 is 0 Å². The van der Waals surface area contributed by atoms with E-state index >= 15 is 0 Å². The lowest BCUT2D eigenvalue weighted by molar-refractivity contribution is 0.483. The molecule has 54 heavy (non-hydrogen) atoms. The molecule has 0 unspecified atom stereocenters. The highest BCUT2D eigenvalue weighted by atomic mass is 16.5. The molecule has 0 radical (unpaired) electrons. The molecule has 0 atom stereocenters. The zero-order chi connectivity index (χ0) is 36.3.